The highest BCUT2D eigenvalue weighted by Crippen LogP contribution is 2.24. The summed E-state index contributed by atoms with van der Waals surface area (Å²) in [4.78, 5) is 12.0. The van der Waals surface area contributed by atoms with E-state index in [9.17, 15) is 4.79 Å². The van der Waals surface area contributed by atoms with Crippen LogP contribution in [-0.2, 0) is 0 Å². The van der Waals surface area contributed by atoms with Gasteiger partial charge in [0.25, 0.3) is 0 Å². The summed E-state index contributed by atoms with van der Waals surface area (Å²) in [5, 5.41) is 0. The Bertz CT molecular complexity index is 324. The fraction of sp³-hybridized carbons (Fsp3) is 0.462. The number of aryl methyl sites for hydroxylation is 2. The molecule has 0 saturated heterocycles. The van der Waals surface area contributed by atoms with Gasteiger partial charge >= 0.3 is 0 Å². The smallest absolute Gasteiger partial charge is 0.181 e. The highest BCUT2D eigenvalue weighted by molar-refractivity contribution is 7.58. The third-order valence-corrected chi connectivity index (χ3v) is 3.70. The molecule has 0 aliphatic heterocycles. The molecule has 0 N–H and O–H groups in total. The lowest BCUT2D eigenvalue weighted by atomic mass is 10.0. The van der Waals surface area contributed by atoms with Crippen LogP contribution in [0.4, 0.5) is 0 Å². The largest absolute Gasteiger partial charge is 0.289 e. The minimum Gasteiger partial charge on any atom is -0.289 e. The second-order valence-electron chi connectivity index (χ2n) is 3.88. The summed E-state index contributed by atoms with van der Waals surface area (Å²) >= 11 is 0. The molecule has 0 aromatic heterocycles. The Labute approximate surface area is 94.1 Å². The Kier molecular flexibility index (Phi) is 4.98. The number of hydrogen-bond donors (Lipinski definition) is 0. The molecule has 0 aliphatic carbocycles. The molecule has 0 amide bonds. The van der Waals surface area contributed by atoms with Crippen LogP contribution in [0.2, 0.25) is 0 Å². The molecule has 1 nitrogen and oxygen atoms in total. The van der Waals surface area contributed by atoms with Crippen molar-refractivity contribution in [3.05, 3.63) is 34.9 Å². The summed E-state index contributed by atoms with van der Waals surface area (Å²) in [5.41, 5.74) is 3.51. The molecule has 0 heterocycles. The van der Waals surface area contributed by atoms with Crippen molar-refractivity contribution in [3.63, 3.8) is 0 Å². The first-order chi connectivity index (χ1) is 7.16. The molecule has 0 bridgehead atoms. The van der Waals surface area contributed by atoms with Crippen LogP contribution in [0.15, 0.2) is 18.2 Å². The number of carbonyl (C=O) groups excluding carboxylic acids is 1. The lowest BCUT2D eigenvalue weighted by Gasteiger charge is -2.07. The third-order valence-electron chi connectivity index (χ3n) is 2.52. The average molecular weight is 222 g/mol. The van der Waals surface area contributed by atoms with Crippen molar-refractivity contribution in [2.24, 2.45) is 0 Å². The van der Waals surface area contributed by atoms with E-state index < -0.39 is 0 Å². The fourth-order valence-corrected chi connectivity index (χ4v) is 2.97. The lowest BCUT2D eigenvalue weighted by Crippen LogP contribution is -1.99. The summed E-state index contributed by atoms with van der Waals surface area (Å²) < 4.78 is 0. The Morgan fingerprint density at radius 3 is 2.40 bits per heavy atom. The van der Waals surface area contributed by atoms with E-state index >= 15 is 0 Å². The van der Waals surface area contributed by atoms with Crippen molar-refractivity contribution in [2.75, 3.05) is 6.16 Å². The first-order valence-electron chi connectivity index (χ1n) is 5.51. The maximum Gasteiger partial charge on any atom is 0.181 e. The Morgan fingerprint density at radius 2 is 1.87 bits per heavy atom. The van der Waals surface area contributed by atoms with Crippen molar-refractivity contribution < 1.29 is 4.79 Å². The highest BCUT2D eigenvalue weighted by atomic mass is 31.1. The normalized spacial score (nSPS) is 11.1. The summed E-state index contributed by atoms with van der Waals surface area (Å²) in [7, 11) is 0.444. The third kappa shape index (κ3) is 3.43. The second-order valence-corrected chi connectivity index (χ2v) is 5.18. The zero-order chi connectivity index (χ0) is 11.3. The van der Waals surface area contributed by atoms with Crippen molar-refractivity contribution in [3.8, 4) is 0 Å². The molecule has 0 saturated carbocycles. The molecule has 0 spiro atoms. The standard InChI is InChI=1S/C13H19OP/c1-4-5-9-15-13(14)12-10(2)7-6-8-11(12)3/h6-8,15H,4-5,9H2,1-3H3. The molecular weight excluding hydrogens is 203 g/mol. The number of unbranched alkanes of at least 4 members (excludes halogenated alkanes) is 1. The van der Waals surface area contributed by atoms with E-state index in [1.54, 1.807) is 0 Å². The van der Waals surface area contributed by atoms with Crippen molar-refractivity contribution in [1.82, 2.24) is 0 Å². The number of carbonyl (C=O) groups is 1. The summed E-state index contributed by atoms with van der Waals surface area (Å²) in [6, 6.07) is 6.05. The van der Waals surface area contributed by atoms with Gasteiger partial charge in [0, 0.05) is 5.56 Å². The van der Waals surface area contributed by atoms with Gasteiger partial charge in [-0.15, -0.1) is 0 Å². The monoisotopic (exact) mass is 222 g/mol. The molecule has 0 aliphatic rings. The van der Waals surface area contributed by atoms with Gasteiger partial charge in [0.2, 0.25) is 0 Å². The molecule has 1 aromatic carbocycles. The second kappa shape index (κ2) is 6.02. The molecule has 15 heavy (non-hydrogen) atoms. The van der Waals surface area contributed by atoms with E-state index in [1.807, 2.05) is 32.0 Å². The number of benzene rings is 1. The average Bonchev–Trinajstić information content (AvgIpc) is 2.18. The van der Waals surface area contributed by atoms with Gasteiger partial charge in [0.05, 0.1) is 0 Å². The van der Waals surface area contributed by atoms with Crippen LogP contribution >= 0.6 is 8.58 Å². The van der Waals surface area contributed by atoms with Gasteiger partial charge in [-0.05, 0) is 46.1 Å². The Balaban J connectivity index is 2.73. The zero-order valence-electron chi connectivity index (χ0n) is 9.76. The zero-order valence-corrected chi connectivity index (χ0v) is 10.8. The molecular formula is C13H19OP. The van der Waals surface area contributed by atoms with E-state index in [4.69, 9.17) is 0 Å². The van der Waals surface area contributed by atoms with Crippen LogP contribution in [0, 0.1) is 13.8 Å². The van der Waals surface area contributed by atoms with Gasteiger partial charge in [-0.3, -0.25) is 4.79 Å². The topological polar surface area (TPSA) is 17.1 Å². The van der Waals surface area contributed by atoms with Crippen LogP contribution < -0.4 is 0 Å². The van der Waals surface area contributed by atoms with E-state index in [1.165, 1.54) is 6.42 Å². The van der Waals surface area contributed by atoms with Gasteiger partial charge in [-0.1, -0.05) is 31.5 Å². The van der Waals surface area contributed by atoms with Crippen molar-refractivity contribution in [2.45, 2.75) is 33.6 Å². The lowest BCUT2D eigenvalue weighted by molar-refractivity contribution is 0.108. The molecule has 82 valence electrons. The SMILES string of the molecule is CCCCPC(=O)c1c(C)cccc1C. The molecule has 0 radical (unpaired) electrons. The summed E-state index contributed by atoms with van der Waals surface area (Å²) in [6.45, 7) is 6.20. The van der Waals surface area contributed by atoms with Gasteiger partial charge in [-0.25, -0.2) is 0 Å². The van der Waals surface area contributed by atoms with Crippen molar-refractivity contribution >= 4 is 14.1 Å². The van der Waals surface area contributed by atoms with Crippen LogP contribution in [0.5, 0.6) is 0 Å². The van der Waals surface area contributed by atoms with Gasteiger partial charge in [-0.2, -0.15) is 0 Å². The summed E-state index contributed by atoms with van der Waals surface area (Å²) in [6.07, 6.45) is 3.38. The molecule has 2 heteroatoms. The van der Waals surface area contributed by atoms with Gasteiger partial charge in [0.15, 0.2) is 5.52 Å². The molecule has 1 atom stereocenters. The van der Waals surface area contributed by atoms with Crippen molar-refractivity contribution in [1.29, 1.82) is 0 Å². The summed E-state index contributed by atoms with van der Waals surface area (Å²) in [5.74, 6) is 0. The van der Waals surface area contributed by atoms with E-state index in [2.05, 4.69) is 6.92 Å². The van der Waals surface area contributed by atoms with Crippen LogP contribution in [0.1, 0.15) is 41.3 Å². The molecule has 1 aromatic rings. The maximum absolute atomic E-state index is 12.0. The minimum atomic E-state index is 0.332. The van der Waals surface area contributed by atoms with E-state index in [0.717, 1.165) is 29.3 Å². The predicted octanol–water partition coefficient (Wildman–Crippen LogP) is 3.92. The molecule has 1 unspecified atom stereocenters. The fourth-order valence-electron chi connectivity index (χ4n) is 1.64. The highest BCUT2D eigenvalue weighted by Gasteiger charge is 2.10. The number of rotatable bonds is 5. The number of hydrogen-bond acceptors (Lipinski definition) is 1. The first kappa shape index (κ1) is 12.4. The first-order valence-corrected chi connectivity index (χ1v) is 6.72. The Morgan fingerprint density at radius 1 is 1.27 bits per heavy atom. The van der Waals surface area contributed by atoms with E-state index in [-0.39, 0.29) is 0 Å². The molecule has 0 fully saturated rings. The predicted molar refractivity (Wildman–Crippen MR) is 68.3 cm³/mol. The van der Waals surface area contributed by atoms with Gasteiger partial charge < -0.3 is 0 Å². The quantitative estimate of drug-likeness (QED) is 0.545. The van der Waals surface area contributed by atoms with Crippen LogP contribution in [0.25, 0.3) is 0 Å². The van der Waals surface area contributed by atoms with Crippen LogP contribution in [0.3, 0.4) is 0 Å². The van der Waals surface area contributed by atoms with Crippen LogP contribution in [-0.4, -0.2) is 11.7 Å². The maximum atomic E-state index is 12.0. The Hall–Kier alpha value is -0.680. The minimum absolute atomic E-state index is 0.332. The van der Waals surface area contributed by atoms with E-state index in [0.29, 0.717) is 14.1 Å². The molecule has 1 rings (SSSR count). The van der Waals surface area contributed by atoms with Gasteiger partial charge in [0.1, 0.15) is 0 Å².